The maximum absolute atomic E-state index is 12.7. The minimum absolute atomic E-state index is 0.0269. The number of carbonyl (C=O) groups excluding carboxylic acids is 1. The molecule has 1 amide bonds. The molecule has 0 unspecified atom stereocenters. The van der Waals surface area contributed by atoms with Crippen LogP contribution in [0.5, 0.6) is 0 Å². The van der Waals surface area contributed by atoms with Crippen molar-refractivity contribution in [2.75, 3.05) is 0 Å². The number of nitrogens with one attached hydrogen (secondary N) is 1. The fraction of sp³-hybridized carbons (Fsp3) is 0.125. The molecule has 3 rings (SSSR count). The van der Waals surface area contributed by atoms with Gasteiger partial charge in [0, 0.05) is 5.56 Å². The zero-order chi connectivity index (χ0) is 16.4. The zero-order valence-electron chi connectivity index (χ0n) is 11.7. The molecule has 0 atom stereocenters. The second-order valence-electron chi connectivity index (χ2n) is 4.84. The normalized spacial score (nSPS) is 11.6. The summed E-state index contributed by atoms with van der Waals surface area (Å²) < 4.78 is 39.0. The van der Waals surface area contributed by atoms with Gasteiger partial charge in [-0.3, -0.25) is 4.79 Å². The average molecular weight is 336 g/mol. The van der Waals surface area contributed by atoms with Gasteiger partial charge in [-0.2, -0.15) is 13.2 Å². The van der Waals surface area contributed by atoms with Crippen molar-refractivity contribution in [2.24, 2.45) is 0 Å². The summed E-state index contributed by atoms with van der Waals surface area (Å²) in [6, 6.07) is 11.9. The summed E-state index contributed by atoms with van der Waals surface area (Å²) in [5, 5.41) is 3.30. The third-order valence-corrected chi connectivity index (χ3v) is 4.23. The number of nitrogens with zero attached hydrogens (tertiary/aromatic N) is 1. The van der Waals surface area contributed by atoms with Crippen LogP contribution >= 0.6 is 11.3 Å². The van der Waals surface area contributed by atoms with Gasteiger partial charge < -0.3 is 5.32 Å². The van der Waals surface area contributed by atoms with Crippen molar-refractivity contribution in [1.29, 1.82) is 0 Å². The van der Waals surface area contributed by atoms with Crippen molar-refractivity contribution in [3.05, 3.63) is 64.7 Å². The summed E-state index contributed by atoms with van der Waals surface area (Å²) >= 11 is 1.44. The first-order chi connectivity index (χ1) is 10.9. The number of alkyl halides is 3. The Labute approximate surface area is 133 Å². The monoisotopic (exact) mass is 336 g/mol. The maximum Gasteiger partial charge on any atom is 0.416 e. The van der Waals surface area contributed by atoms with Crippen molar-refractivity contribution in [1.82, 2.24) is 10.3 Å². The Morgan fingerprint density at radius 2 is 1.91 bits per heavy atom. The Bertz CT molecular complexity index is 825. The first-order valence-electron chi connectivity index (χ1n) is 6.73. The molecule has 3 nitrogen and oxygen atoms in total. The smallest absolute Gasteiger partial charge is 0.346 e. The molecule has 3 aromatic rings. The molecule has 0 saturated carbocycles. The molecule has 0 fully saturated rings. The molecule has 0 aliphatic carbocycles. The number of amides is 1. The summed E-state index contributed by atoms with van der Waals surface area (Å²) in [6.07, 6.45) is -4.47. The second kappa shape index (κ2) is 6.00. The van der Waals surface area contributed by atoms with Crippen LogP contribution in [-0.4, -0.2) is 10.9 Å². The van der Waals surface area contributed by atoms with E-state index in [1.807, 2.05) is 24.3 Å². The predicted molar refractivity (Wildman–Crippen MR) is 82.2 cm³/mol. The molecule has 1 N–H and O–H groups in total. The lowest BCUT2D eigenvalue weighted by Gasteiger charge is -2.08. The van der Waals surface area contributed by atoms with Crippen LogP contribution in [0, 0.1) is 0 Å². The van der Waals surface area contributed by atoms with E-state index in [1.165, 1.54) is 23.5 Å². The van der Waals surface area contributed by atoms with Crippen molar-refractivity contribution in [3.63, 3.8) is 0 Å². The molecule has 2 aromatic carbocycles. The summed E-state index contributed by atoms with van der Waals surface area (Å²) in [6.45, 7) is 0.175. The maximum atomic E-state index is 12.7. The fourth-order valence-electron chi connectivity index (χ4n) is 2.09. The van der Waals surface area contributed by atoms with Crippen molar-refractivity contribution in [3.8, 4) is 0 Å². The number of rotatable bonds is 3. The molecular weight excluding hydrogens is 325 g/mol. The summed E-state index contributed by atoms with van der Waals surface area (Å²) in [5.41, 5.74) is -0.0353. The van der Waals surface area contributed by atoms with Crippen LogP contribution in [-0.2, 0) is 12.7 Å². The van der Waals surface area contributed by atoms with Crippen LogP contribution in [0.25, 0.3) is 10.2 Å². The molecule has 0 aliphatic heterocycles. The standard InChI is InChI=1S/C16H11F3N2OS/c17-16(18,19)11-5-3-4-10(8-11)15(22)20-9-14-21-12-6-1-2-7-13(12)23-14/h1-8H,9H2,(H,20,22). The van der Waals surface area contributed by atoms with E-state index in [4.69, 9.17) is 0 Å². The van der Waals surface area contributed by atoms with Gasteiger partial charge in [0.2, 0.25) is 0 Å². The Morgan fingerprint density at radius 3 is 2.65 bits per heavy atom. The first kappa shape index (κ1) is 15.5. The molecule has 1 heterocycles. The number of hydrogen-bond donors (Lipinski definition) is 1. The van der Waals surface area contributed by atoms with E-state index in [2.05, 4.69) is 10.3 Å². The Balaban J connectivity index is 1.72. The van der Waals surface area contributed by atoms with Crippen LogP contribution in [0.1, 0.15) is 20.9 Å². The Hall–Kier alpha value is -2.41. The van der Waals surface area contributed by atoms with Crippen molar-refractivity contribution >= 4 is 27.5 Å². The lowest BCUT2D eigenvalue weighted by atomic mass is 10.1. The van der Waals surface area contributed by atoms with Gasteiger partial charge in [-0.25, -0.2) is 4.98 Å². The molecule has 118 valence electrons. The van der Waals surface area contributed by atoms with E-state index >= 15 is 0 Å². The molecule has 0 saturated heterocycles. The van der Waals surface area contributed by atoms with Crippen molar-refractivity contribution in [2.45, 2.75) is 12.7 Å². The third kappa shape index (κ3) is 3.50. The van der Waals surface area contributed by atoms with Gasteiger partial charge in [0.05, 0.1) is 22.3 Å². The molecule has 0 bridgehead atoms. The Kier molecular flexibility index (Phi) is 4.04. The quantitative estimate of drug-likeness (QED) is 0.777. The SMILES string of the molecule is O=C(NCc1nc2ccccc2s1)c1cccc(C(F)(F)F)c1. The van der Waals surface area contributed by atoms with Gasteiger partial charge in [-0.05, 0) is 30.3 Å². The van der Waals surface area contributed by atoms with E-state index in [0.29, 0.717) is 5.01 Å². The first-order valence-corrected chi connectivity index (χ1v) is 7.55. The third-order valence-electron chi connectivity index (χ3n) is 3.19. The topological polar surface area (TPSA) is 42.0 Å². The predicted octanol–water partition coefficient (Wildman–Crippen LogP) is 4.25. The molecule has 7 heteroatoms. The summed E-state index contributed by atoms with van der Waals surface area (Å²) in [5.74, 6) is -0.560. The molecule has 0 radical (unpaired) electrons. The highest BCUT2D eigenvalue weighted by atomic mass is 32.1. The highest BCUT2D eigenvalue weighted by Crippen LogP contribution is 2.29. The lowest BCUT2D eigenvalue weighted by Crippen LogP contribution is -2.23. The van der Waals surface area contributed by atoms with E-state index in [1.54, 1.807) is 0 Å². The largest absolute Gasteiger partial charge is 0.416 e. The van der Waals surface area contributed by atoms with Crippen LogP contribution in [0.2, 0.25) is 0 Å². The van der Waals surface area contributed by atoms with Gasteiger partial charge in [-0.15, -0.1) is 11.3 Å². The number of aromatic nitrogens is 1. The zero-order valence-corrected chi connectivity index (χ0v) is 12.5. The number of halogens is 3. The minimum atomic E-state index is -4.47. The average Bonchev–Trinajstić information content (AvgIpc) is 2.95. The number of fused-ring (bicyclic) bond motifs is 1. The van der Waals surface area contributed by atoms with Gasteiger partial charge in [0.25, 0.3) is 5.91 Å². The highest BCUT2D eigenvalue weighted by Gasteiger charge is 2.30. The van der Waals surface area contributed by atoms with Gasteiger partial charge in [0.1, 0.15) is 5.01 Å². The lowest BCUT2D eigenvalue weighted by molar-refractivity contribution is -0.137. The van der Waals surface area contributed by atoms with Gasteiger partial charge in [-0.1, -0.05) is 18.2 Å². The van der Waals surface area contributed by atoms with E-state index in [9.17, 15) is 18.0 Å². The van der Waals surface area contributed by atoms with E-state index in [-0.39, 0.29) is 12.1 Å². The van der Waals surface area contributed by atoms with Crippen LogP contribution in [0.4, 0.5) is 13.2 Å². The summed E-state index contributed by atoms with van der Waals surface area (Å²) in [7, 11) is 0. The van der Waals surface area contributed by atoms with Crippen LogP contribution in [0.3, 0.4) is 0 Å². The van der Waals surface area contributed by atoms with Crippen LogP contribution < -0.4 is 5.32 Å². The van der Waals surface area contributed by atoms with E-state index < -0.39 is 17.6 Å². The van der Waals surface area contributed by atoms with Crippen LogP contribution in [0.15, 0.2) is 48.5 Å². The summed E-state index contributed by atoms with van der Waals surface area (Å²) in [4.78, 5) is 16.4. The molecular formula is C16H11F3N2OS. The van der Waals surface area contributed by atoms with Gasteiger partial charge in [0.15, 0.2) is 0 Å². The highest BCUT2D eigenvalue weighted by molar-refractivity contribution is 7.18. The molecule has 0 spiro atoms. The Morgan fingerprint density at radius 1 is 1.13 bits per heavy atom. The number of carbonyl (C=O) groups is 1. The molecule has 23 heavy (non-hydrogen) atoms. The number of thiazole rings is 1. The minimum Gasteiger partial charge on any atom is -0.346 e. The second-order valence-corrected chi connectivity index (χ2v) is 5.95. The van der Waals surface area contributed by atoms with E-state index in [0.717, 1.165) is 22.3 Å². The molecule has 1 aromatic heterocycles. The van der Waals surface area contributed by atoms with Gasteiger partial charge >= 0.3 is 6.18 Å². The molecule has 0 aliphatic rings. The fourth-order valence-corrected chi connectivity index (χ4v) is 3.00. The number of hydrogen-bond acceptors (Lipinski definition) is 3. The number of benzene rings is 2. The number of para-hydroxylation sites is 1. The van der Waals surface area contributed by atoms with Crippen molar-refractivity contribution < 1.29 is 18.0 Å².